The van der Waals surface area contributed by atoms with Crippen LogP contribution in [0.2, 0.25) is 0 Å². The molecule has 20 heavy (non-hydrogen) atoms. The molecule has 3 heteroatoms. The lowest BCUT2D eigenvalue weighted by molar-refractivity contribution is 0.462. The van der Waals surface area contributed by atoms with Gasteiger partial charge >= 0.3 is 0 Å². The number of rotatable bonds is 3. The fourth-order valence-corrected chi connectivity index (χ4v) is 2.82. The third kappa shape index (κ3) is 3.10. The predicted octanol–water partition coefficient (Wildman–Crippen LogP) is 4.08. The normalized spacial score (nSPS) is 16.0. The van der Waals surface area contributed by atoms with Crippen LogP contribution in [0, 0.1) is 0 Å². The second kappa shape index (κ2) is 5.95. The summed E-state index contributed by atoms with van der Waals surface area (Å²) in [6, 6.07) is 12.7. The topological polar surface area (TPSA) is 50.9 Å². The minimum atomic E-state index is 0.592. The van der Waals surface area contributed by atoms with Gasteiger partial charge in [0.2, 0.25) is 0 Å². The number of nitrogens with one attached hydrogen (secondary N) is 1. The summed E-state index contributed by atoms with van der Waals surface area (Å²) < 4.78 is 0. The second-order valence-corrected chi connectivity index (χ2v) is 5.54. The van der Waals surface area contributed by atoms with Gasteiger partial charge in [0.05, 0.1) is 0 Å². The first kappa shape index (κ1) is 13.0. The van der Waals surface area contributed by atoms with Gasteiger partial charge in [-0.3, -0.25) is 0 Å². The van der Waals surface area contributed by atoms with Gasteiger partial charge in [0.25, 0.3) is 0 Å². The summed E-state index contributed by atoms with van der Waals surface area (Å²) in [5, 5.41) is 3.54. The van der Waals surface area contributed by atoms with E-state index in [2.05, 4.69) is 28.5 Å². The van der Waals surface area contributed by atoms with Crippen molar-refractivity contribution in [2.24, 2.45) is 0 Å². The molecule has 0 saturated heterocycles. The molecular weight excluding hydrogens is 246 g/mol. The standard InChI is InChI=1S/C17H21N3/c18-15-6-4-5-13(11-15)14-9-10-17(19-12-14)20-16-7-2-1-3-8-16/h4-6,9-12,16H,1-3,7-8,18H2,(H,19,20). The smallest absolute Gasteiger partial charge is 0.126 e. The molecule has 0 unspecified atom stereocenters. The average Bonchev–Trinajstić information content (AvgIpc) is 2.49. The lowest BCUT2D eigenvalue weighted by atomic mass is 9.95. The molecule has 1 aromatic heterocycles. The van der Waals surface area contributed by atoms with Gasteiger partial charge in [-0.05, 0) is 42.7 Å². The van der Waals surface area contributed by atoms with E-state index in [1.807, 2.05) is 24.4 Å². The van der Waals surface area contributed by atoms with Crippen LogP contribution in [0.3, 0.4) is 0 Å². The Labute approximate surface area is 120 Å². The van der Waals surface area contributed by atoms with Crippen molar-refractivity contribution >= 4 is 11.5 Å². The number of benzene rings is 1. The quantitative estimate of drug-likeness (QED) is 0.824. The third-order valence-electron chi connectivity index (χ3n) is 3.94. The predicted molar refractivity (Wildman–Crippen MR) is 84.6 cm³/mol. The van der Waals surface area contributed by atoms with Crippen molar-refractivity contribution in [2.45, 2.75) is 38.1 Å². The summed E-state index contributed by atoms with van der Waals surface area (Å²) in [4.78, 5) is 4.53. The molecule has 3 nitrogen and oxygen atoms in total. The van der Waals surface area contributed by atoms with Gasteiger partial charge < -0.3 is 11.1 Å². The Morgan fingerprint density at radius 2 is 1.85 bits per heavy atom. The molecule has 1 heterocycles. The van der Waals surface area contributed by atoms with Crippen molar-refractivity contribution in [1.82, 2.24) is 4.98 Å². The van der Waals surface area contributed by atoms with Crippen molar-refractivity contribution in [3.8, 4) is 11.1 Å². The number of pyridine rings is 1. The van der Waals surface area contributed by atoms with E-state index in [-0.39, 0.29) is 0 Å². The summed E-state index contributed by atoms with van der Waals surface area (Å²) in [6.07, 6.45) is 8.48. The average molecular weight is 267 g/mol. The van der Waals surface area contributed by atoms with Crippen LogP contribution >= 0.6 is 0 Å². The van der Waals surface area contributed by atoms with Crippen LogP contribution in [0.4, 0.5) is 11.5 Å². The lowest BCUT2D eigenvalue weighted by Crippen LogP contribution is -2.22. The molecule has 1 fully saturated rings. The van der Waals surface area contributed by atoms with Crippen molar-refractivity contribution in [2.75, 3.05) is 11.1 Å². The summed E-state index contributed by atoms with van der Waals surface area (Å²) in [7, 11) is 0. The summed E-state index contributed by atoms with van der Waals surface area (Å²) >= 11 is 0. The molecule has 3 rings (SSSR count). The van der Waals surface area contributed by atoms with Crippen LogP contribution in [0.1, 0.15) is 32.1 Å². The molecule has 2 aromatic rings. The summed E-state index contributed by atoms with van der Waals surface area (Å²) in [6.45, 7) is 0. The fraction of sp³-hybridized carbons (Fsp3) is 0.353. The van der Waals surface area contributed by atoms with E-state index < -0.39 is 0 Å². The van der Waals surface area contributed by atoms with Gasteiger partial charge in [0, 0.05) is 23.5 Å². The van der Waals surface area contributed by atoms with E-state index in [1.54, 1.807) is 0 Å². The molecule has 0 radical (unpaired) electrons. The molecule has 1 saturated carbocycles. The van der Waals surface area contributed by atoms with Gasteiger partial charge in [-0.25, -0.2) is 4.98 Å². The van der Waals surface area contributed by atoms with Gasteiger partial charge in [0.15, 0.2) is 0 Å². The zero-order valence-electron chi connectivity index (χ0n) is 11.7. The van der Waals surface area contributed by atoms with Crippen molar-refractivity contribution < 1.29 is 0 Å². The highest BCUT2D eigenvalue weighted by molar-refractivity contribution is 5.67. The maximum atomic E-state index is 5.82. The lowest BCUT2D eigenvalue weighted by Gasteiger charge is -2.23. The van der Waals surface area contributed by atoms with E-state index >= 15 is 0 Å². The van der Waals surface area contributed by atoms with Crippen LogP contribution in [0.5, 0.6) is 0 Å². The number of hydrogen-bond donors (Lipinski definition) is 2. The highest BCUT2D eigenvalue weighted by atomic mass is 15.0. The Morgan fingerprint density at radius 3 is 2.55 bits per heavy atom. The molecular formula is C17H21N3. The number of hydrogen-bond acceptors (Lipinski definition) is 3. The summed E-state index contributed by atoms with van der Waals surface area (Å²) in [5.74, 6) is 0.976. The van der Waals surface area contributed by atoms with Crippen LogP contribution in [0.15, 0.2) is 42.6 Å². The minimum absolute atomic E-state index is 0.592. The molecule has 1 aromatic carbocycles. The zero-order valence-corrected chi connectivity index (χ0v) is 11.7. The van der Waals surface area contributed by atoms with E-state index in [1.165, 1.54) is 32.1 Å². The SMILES string of the molecule is Nc1cccc(-c2ccc(NC3CCCCC3)nc2)c1. The maximum absolute atomic E-state index is 5.82. The van der Waals surface area contributed by atoms with Crippen molar-refractivity contribution in [3.05, 3.63) is 42.6 Å². The molecule has 104 valence electrons. The van der Waals surface area contributed by atoms with E-state index in [4.69, 9.17) is 5.73 Å². The Morgan fingerprint density at radius 1 is 1.00 bits per heavy atom. The third-order valence-corrected chi connectivity index (χ3v) is 3.94. The van der Waals surface area contributed by atoms with Crippen molar-refractivity contribution in [3.63, 3.8) is 0 Å². The Bertz CT molecular complexity index is 557. The Hall–Kier alpha value is -2.03. The highest BCUT2D eigenvalue weighted by Crippen LogP contribution is 2.24. The van der Waals surface area contributed by atoms with Crippen LogP contribution in [0.25, 0.3) is 11.1 Å². The number of aromatic nitrogens is 1. The van der Waals surface area contributed by atoms with Crippen LogP contribution in [-0.2, 0) is 0 Å². The molecule has 0 aliphatic heterocycles. The molecule has 1 aliphatic rings. The van der Waals surface area contributed by atoms with Crippen LogP contribution < -0.4 is 11.1 Å². The Kier molecular flexibility index (Phi) is 3.86. The maximum Gasteiger partial charge on any atom is 0.126 e. The minimum Gasteiger partial charge on any atom is -0.399 e. The first-order valence-corrected chi connectivity index (χ1v) is 7.40. The van der Waals surface area contributed by atoms with Gasteiger partial charge in [-0.1, -0.05) is 31.4 Å². The van der Waals surface area contributed by atoms with Gasteiger partial charge in [0.1, 0.15) is 5.82 Å². The molecule has 0 atom stereocenters. The molecule has 1 aliphatic carbocycles. The largest absolute Gasteiger partial charge is 0.399 e. The molecule has 3 N–H and O–H groups in total. The first-order valence-electron chi connectivity index (χ1n) is 7.40. The molecule has 0 bridgehead atoms. The Balaban J connectivity index is 1.71. The first-order chi connectivity index (χ1) is 9.81. The monoisotopic (exact) mass is 267 g/mol. The second-order valence-electron chi connectivity index (χ2n) is 5.54. The van der Waals surface area contributed by atoms with Gasteiger partial charge in [-0.2, -0.15) is 0 Å². The van der Waals surface area contributed by atoms with E-state index in [9.17, 15) is 0 Å². The number of nitrogens with two attached hydrogens (primary N) is 1. The molecule has 0 spiro atoms. The fourth-order valence-electron chi connectivity index (χ4n) is 2.82. The van der Waals surface area contributed by atoms with E-state index in [0.29, 0.717) is 6.04 Å². The number of anilines is 2. The van der Waals surface area contributed by atoms with Crippen LogP contribution in [-0.4, -0.2) is 11.0 Å². The number of nitrogens with zero attached hydrogens (tertiary/aromatic N) is 1. The molecule has 0 amide bonds. The van der Waals surface area contributed by atoms with E-state index in [0.717, 1.165) is 22.6 Å². The highest BCUT2D eigenvalue weighted by Gasteiger charge is 2.13. The number of nitrogen functional groups attached to an aromatic ring is 1. The van der Waals surface area contributed by atoms with Crippen molar-refractivity contribution in [1.29, 1.82) is 0 Å². The zero-order chi connectivity index (χ0) is 13.8. The van der Waals surface area contributed by atoms with Gasteiger partial charge in [-0.15, -0.1) is 0 Å². The summed E-state index contributed by atoms with van der Waals surface area (Å²) in [5.41, 5.74) is 8.82.